The predicted molar refractivity (Wildman–Crippen MR) is 114 cm³/mol. The van der Waals surface area contributed by atoms with Gasteiger partial charge in [-0.25, -0.2) is 4.98 Å². The second-order valence-electron chi connectivity index (χ2n) is 7.02. The summed E-state index contributed by atoms with van der Waals surface area (Å²) in [6.45, 7) is 4.25. The summed E-state index contributed by atoms with van der Waals surface area (Å²) in [4.78, 5) is 9.29. The van der Waals surface area contributed by atoms with E-state index in [9.17, 15) is 5.11 Å². The lowest BCUT2D eigenvalue weighted by Crippen LogP contribution is -1.99. The van der Waals surface area contributed by atoms with E-state index < -0.39 is 0 Å². The predicted octanol–water partition coefficient (Wildman–Crippen LogP) is 5.93. The van der Waals surface area contributed by atoms with Crippen molar-refractivity contribution in [3.63, 3.8) is 0 Å². The normalized spacial score (nSPS) is 11.0. The lowest BCUT2D eigenvalue weighted by atomic mass is 10.0. The molecule has 1 heterocycles. The van der Waals surface area contributed by atoms with Crippen molar-refractivity contribution in [2.24, 2.45) is 0 Å². The van der Waals surface area contributed by atoms with E-state index in [4.69, 9.17) is 9.47 Å². The SMILES string of the molecule is COc1cccc(-c2nc(Oc3ccccc3C(C)C)c3ccccc3n2)c1O. The molecule has 1 aromatic heterocycles. The van der Waals surface area contributed by atoms with E-state index in [2.05, 4.69) is 29.9 Å². The third-order valence-electron chi connectivity index (χ3n) is 4.78. The van der Waals surface area contributed by atoms with Crippen LogP contribution in [0, 0.1) is 0 Å². The first kappa shape index (κ1) is 18.7. The van der Waals surface area contributed by atoms with Crippen molar-refractivity contribution in [2.75, 3.05) is 7.11 Å². The zero-order chi connectivity index (χ0) is 20.4. The van der Waals surface area contributed by atoms with Crippen molar-refractivity contribution < 1.29 is 14.6 Å². The molecule has 1 N–H and O–H groups in total. The molecule has 3 aromatic carbocycles. The van der Waals surface area contributed by atoms with E-state index in [0.29, 0.717) is 28.9 Å². The highest BCUT2D eigenvalue weighted by Gasteiger charge is 2.17. The van der Waals surface area contributed by atoms with Gasteiger partial charge >= 0.3 is 0 Å². The van der Waals surface area contributed by atoms with Crippen LogP contribution in [-0.4, -0.2) is 22.2 Å². The van der Waals surface area contributed by atoms with Gasteiger partial charge in [0.05, 0.1) is 23.6 Å². The number of nitrogens with zero attached hydrogens (tertiary/aromatic N) is 2. The molecule has 0 saturated heterocycles. The largest absolute Gasteiger partial charge is 0.504 e. The number of fused-ring (bicyclic) bond motifs is 1. The molecule has 5 nitrogen and oxygen atoms in total. The maximum absolute atomic E-state index is 10.6. The fraction of sp³-hybridized carbons (Fsp3) is 0.167. The molecule has 29 heavy (non-hydrogen) atoms. The Morgan fingerprint density at radius 1 is 0.828 bits per heavy atom. The minimum Gasteiger partial charge on any atom is -0.504 e. The van der Waals surface area contributed by atoms with Gasteiger partial charge in [0.2, 0.25) is 5.88 Å². The van der Waals surface area contributed by atoms with E-state index in [1.807, 2.05) is 42.5 Å². The summed E-state index contributed by atoms with van der Waals surface area (Å²) in [6, 6.07) is 20.8. The molecular weight excluding hydrogens is 364 g/mol. The minimum atomic E-state index is -0.00110. The summed E-state index contributed by atoms with van der Waals surface area (Å²) in [5.74, 6) is 2.25. The molecule has 0 saturated carbocycles. The highest BCUT2D eigenvalue weighted by Crippen LogP contribution is 2.38. The number of benzene rings is 3. The number of phenolic OH excluding ortho intramolecular Hbond substituents is 1. The number of ether oxygens (including phenoxy) is 2. The third-order valence-corrected chi connectivity index (χ3v) is 4.78. The highest BCUT2D eigenvalue weighted by atomic mass is 16.5. The second kappa shape index (κ2) is 7.80. The Kier molecular flexibility index (Phi) is 5.04. The molecule has 0 bridgehead atoms. The van der Waals surface area contributed by atoms with Gasteiger partial charge < -0.3 is 14.6 Å². The van der Waals surface area contributed by atoms with E-state index in [1.54, 1.807) is 18.2 Å². The van der Waals surface area contributed by atoms with Crippen LogP contribution in [0.2, 0.25) is 0 Å². The smallest absolute Gasteiger partial charge is 0.230 e. The molecule has 146 valence electrons. The van der Waals surface area contributed by atoms with Gasteiger partial charge in [-0.3, -0.25) is 0 Å². The van der Waals surface area contributed by atoms with Crippen molar-refractivity contribution in [1.29, 1.82) is 0 Å². The molecule has 0 spiro atoms. The van der Waals surface area contributed by atoms with E-state index in [-0.39, 0.29) is 5.75 Å². The van der Waals surface area contributed by atoms with Gasteiger partial charge in [0.25, 0.3) is 0 Å². The molecule has 0 aliphatic rings. The lowest BCUT2D eigenvalue weighted by molar-refractivity contribution is 0.374. The van der Waals surface area contributed by atoms with Gasteiger partial charge in [-0.05, 0) is 41.8 Å². The van der Waals surface area contributed by atoms with Gasteiger partial charge in [-0.15, -0.1) is 0 Å². The monoisotopic (exact) mass is 386 g/mol. The molecule has 0 aliphatic carbocycles. The van der Waals surface area contributed by atoms with Crippen LogP contribution >= 0.6 is 0 Å². The van der Waals surface area contributed by atoms with E-state index in [1.165, 1.54) is 7.11 Å². The molecule has 0 radical (unpaired) electrons. The zero-order valence-electron chi connectivity index (χ0n) is 16.6. The third kappa shape index (κ3) is 3.59. The maximum Gasteiger partial charge on any atom is 0.230 e. The van der Waals surface area contributed by atoms with Crippen molar-refractivity contribution in [3.8, 4) is 34.5 Å². The molecule has 0 amide bonds. The standard InChI is InChI=1S/C24H22N2O3/c1-15(2)16-9-5-7-13-20(16)29-24-17-10-4-6-12-19(17)25-23(26-24)18-11-8-14-21(28-3)22(18)27/h4-15,27H,1-3H3. The van der Waals surface area contributed by atoms with Crippen LogP contribution in [0.15, 0.2) is 66.7 Å². The van der Waals surface area contributed by atoms with Crippen LogP contribution < -0.4 is 9.47 Å². The van der Waals surface area contributed by atoms with Crippen LogP contribution in [0.3, 0.4) is 0 Å². The van der Waals surface area contributed by atoms with Crippen molar-refractivity contribution in [3.05, 3.63) is 72.3 Å². The van der Waals surface area contributed by atoms with Crippen molar-refractivity contribution >= 4 is 10.9 Å². The molecule has 0 fully saturated rings. The molecule has 5 heteroatoms. The van der Waals surface area contributed by atoms with Crippen LogP contribution in [0.5, 0.6) is 23.1 Å². The molecule has 0 atom stereocenters. The first-order chi connectivity index (χ1) is 14.1. The lowest BCUT2D eigenvalue weighted by Gasteiger charge is -2.15. The van der Waals surface area contributed by atoms with E-state index in [0.717, 1.165) is 22.2 Å². The summed E-state index contributed by atoms with van der Waals surface area (Å²) >= 11 is 0. The Labute approximate surface area is 169 Å². The Hall–Kier alpha value is -3.60. The Morgan fingerprint density at radius 3 is 2.34 bits per heavy atom. The van der Waals surface area contributed by atoms with Crippen LogP contribution in [-0.2, 0) is 0 Å². The number of para-hydroxylation sites is 3. The number of rotatable bonds is 5. The highest BCUT2D eigenvalue weighted by molar-refractivity contribution is 5.86. The van der Waals surface area contributed by atoms with Gasteiger partial charge in [-0.2, -0.15) is 4.98 Å². The first-order valence-corrected chi connectivity index (χ1v) is 9.48. The number of hydrogen-bond acceptors (Lipinski definition) is 5. The van der Waals surface area contributed by atoms with Crippen LogP contribution in [0.25, 0.3) is 22.3 Å². The first-order valence-electron chi connectivity index (χ1n) is 9.48. The van der Waals surface area contributed by atoms with Crippen LogP contribution in [0.1, 0.15) is 25.3 Å². The van der Waals surface area contributed by atoms with Crippen molar-refractivity contribution in [2.45, 2.75) is 19.8 Å². The number of phenols is 1. The average molecular weight is 386 g/mol. The zero-order valence-corrected chi connectivity index (χ0v) is 16.6. The van der Waals surface area contributed by atoms with E-state index >= 15 is 0 Å². The summed E-state index contributed by atoms with van der Waals surface area (Å²) < 4.78 is 11.5. The molecular formula is C24H22N2O3. The summed E-state index contributed by atoms with van der Waals surface area (Å²) in [7, 11) is 1.51. The Bertz CT molecular complexity index is 1170. The molecule has 4 aromatic rings. The van der Waals surface area contributed by atoms with Crippen molar-refractivity contribution in [1.82, 2.24) is 9.97 Å². The summed E-state index contributed by atoms with van der Waals surface area (Å²) in [5, 5.41) is 11.4. The van der Waals surface area contributed by atoms with Crippen LogP contribution in [0.4, 0.5) is 0 Å². The molecule has 0 unspecified atom stereocenters. The molecule has 4 rings (SSSR count). The minimum absolute atomic E-state index is 0.00110. The number of hydrogen-bond donors (Lipinski definition) is 1. The van der Waals surface area contributed by atoms with Gasteiger partial charge in [0.1, 0.15) is 5.75 Å². The summed E-state index contributed by atoms with van der Waals surface area (Å²) in [5.41, 5.74) is 2.31. The number of aromatic nitrogens is 2. The maximum atomic E-state index is 10.6. The second-order valence-corrected chi connectivity index (χ2v) is 7.02. The van der Waals surface area contributed by atoms with Gasteiger partial charge in [0.15, 0.2) is 17.3 Å². The Morgan fingerprint density at radius 2 is 1.55 bits per heavy atom. The number of aromatic hydroxyl groups is 1. The summed E-state index contributed by atoms with van der Waals surface area (Å²) in [6.07, 6.45) is 0. The topological polar surface area (TPSA) is 64.5 Å². The quantitative estimate of drug-likeness (QED) is 0.461. The van der Waals surface area contributed by atoms with Gasteiger partial charge in [0, 0.05) is 0 Å². The average Bonchev–Trinajstić information content (AvgIpc) is 2.74. The van der Waals surface area contributed by atoms with Gasteiger partial charge in [-0.1, -0.05) is 50.2 Å². The Balaban J connectivity index is 1.89. The number of methoxy groups -OCH3 is 1. The molecule has 0 aliphatic heterocycles. The fourth-order valence-electron chi connectivity index (χ4n) is 3.27. The fourth-order valence-corrected chi connectivity index (χ4v) is 3.27.